The van der Waals surface area contributed by atoms with Crippen molar-refractivity contribution in [2.24, 2.45) is 5.92 Å². The number of nitrogens with zero attached hydrogens (tertiary/aromatic N) is 4. The van der Waals surface area contributed by atoms with E-state index in [0.717, 1.165) is 32.5 Å². The molecule has 33 heavy (non-hydrogen) atoms. The molecule has 0 bridgehead atoms. The van der Waals surface area contributed by atoms with Crippen molar-refractivity contribution in [3.8, 4) is 11.3 Å². The molecule has 2 aliphatic heterocycles. The lowest BCUT2D eigenvalue weighted by Gasteiger charge is -2.31. The van der Waals surface area contributed by atoms with Gasteiger partial charge in [-0.3, -0.25) is 14.6 Å². The number of rotatable bonds is 6. The maximum absolute atomic E-state index is 11.4. The fourth-order valence-electron chi connectivity index (χ4n) is 3.86. The molecule has 2 amide bonds. The molecule has 0 aromatic carbocycles. The molecular weight excluding hydrogens is 442 g/mol. The van der Waals surface area contributed by atoms with Gasteiger partial charge in [0.2, 0.25) is 12.3 Å². The lowest BCUT2D eigenvalue weighted by atomic mass is 9.97. The summed E-state index contributed by atoms with van der Waals surface area (Å²) in [6.07, 6.45) is 11.4. The Morgan fingerprint density at radius 1 is 1.18 bits per heavy atom. The van der Waals surface area contributed by atoms with Crippen LogP contribution in [0.15, 0.2) is 24.7 Å². The summed E-state index contributed by atoms with van der Waals surface area (Å²) in [5.74, 6) is 1.66. The number of piperidine rings is 2. The molecule has 0 unspecified atom stereocenters. The Morgan fingerprint density at radius 2 is 1.94 bits per heavy atom. The number of halogens is 1. The second-order valence-electron chi connectivity index (χ2n) is 8.24. The number of likely N-dealkylation sites (tertiary alicyclic amines) is 1. The summed E-state index contributed by atoms with van der Waals surface area (Å²) in [4.78, 5) is 36.7. The van der Waals surface area contributed by atoms with E-state index < -0.39 is 0 Å². The molecule has 2 aromatic heterocycles. The Kier molecular flexibility index (Phi) is 9.83. The summed E-state index contributed by atoms with van der Waals surface area (Å²) in [6.45, 7) is 6.48. The summed E-state index contributed by atoms with van der Waals surface area (Å²) >= 11 is 6.22. The van der Waals surface area contributed by atoms with Crippen LogP contribution in [0, 0.1) is 5.92 Å². The highest BCUT2D eigenvalue weighted by atomic mass is 35.5. The van der Waals surface area contributed by atoms with Crippen LogP contribution in [0.25, 0.3) is 11.3 Å². The van der Waals surface area contributed by atoms with E-state index in [1.807, 2.05) is 4.90 Å². The molecule has 4 rings (SSSR count). The molecule has 178 valence electrons. The first-order chi connectivity index (χ1) is 16.1. The molecule has 0 aliphatic carbocycles. The van der Waals surface area contributed by atoms with Gasteiger partial charge in [-0.15, -0.1) is 0 Å². The average Bonchev–Trinajstić information content (AvgIpc) is 2.86. The number of amides is 2. The quantitative estimate of drug-likeness (QED) is 0.552. The van der Waals surface area contributed by atoms with Crippen LogP contribution >= 0.6 is 11.6 Å². The monoisotopic (exact) mass is 473 g/mol. The van der Waals surface area contributed by atoms with E-state index in [4.69, 9.17) is 11.6 Å². The number of pyridine rings is 1. The Labute approximate surface area is 199 Å². The number of carbonyl (C=O) groups is 2. The van der Waals surface area contributed by atoms with E-state index in [0.29, 0.717) is 40.2 Å². The highest BCUT2D eigenvalue weighted by Gasteiger charge is 2.20. The van der Waals surface area contributed by atoms with Crippen molar-refractivity contribution in [3.63, 3.8) is 0 Å². The molecular formula is C23H32ClN7O2. The van der Waals surface area contributed by atoms with Gasteiger partial charge < -0.3 is 20.9 Å². The van der Waals surface area contributed by atoms with Crippen molar-refractivity contribution in [2.75, 3.05) is 43.4 Å². The predicted molar refractivity (Wildman–Crippen MR) is 130 cm³/mol. The second kappa shape index (κ2) is 13.1. The van der Waals surface area contributed by atoms with Crippen LogP contribution in [0.5, 0.6) is 0 Å². The molecule has 0 spiro atoms. The standard InChI is InChI=1S/C18H21ClN6O2.C5H11N/c1-12(27)25-4-2-13(3-5-25)7-21-18-10-20-9-16(24-18)14-6-17(23-11-26)22-8-15(14)19;1-2-4-6-5-3-1/h6,8-11,13H,2-5,7H2,1H3,(H,21,24)(H,22,23,26);6H,1-5H2. The SMILES string of the molecule is C1CCNCC1.CC(=O)N1CCC(CNc2cncc(-c3cc(NC=O)ncc3Cl)n2)CC1. The topological polar surface area (TPSA) is 112 Å². The number of anilines is 2. The van der Waals surface area contributed by atoms with E-state index in [1.165, 1.54) is 38.5 Å². The Balaban J connectivity index is 0.000000442. The van der Waals surface area contributed by atoms with E-state index in [-0.39, 0.29) is 5.91 Å². The van der Waals surface area contributed by atoms with Crippen molar-refractivity contribution in [3.05, 3.63) is 29.7 Å². The maximum Gasteiger partial charge on any atom is 0.219 e. The Morgan fingerprint density at radius 3 is 2.55 bits per heavy atom. The number of aromatic nitrogens is 3. The fourth-order valence-corrected chi connectivity index (χ4v) is 4.06. The van der Waals surface area contributed by atoms with Gasteiger partial charge in [0.25, 0.3) is 0 Å². The minimum absolute atomic E-state index is 0.137. The minimum Gasteiger partial charge on any atom is -0.368 e. The van der Waals surface area contributed by atoms with Crippen LogP contribution < -0.4 is 16.0 Å². The number of hydrogen-bond donors (Lipinski definition) is 3. The van der Waals surface area contributed by atoms with Crippen molar-refractivity contribution in [1.82, 2.24) is 25.2 Å². The van der Waals surface area contributed by atoms with Gasteiger partial charge in [0, 0.05) is 38.3 Å². The molecule has 9 nitrogen and oxygen atoms in total. The molecule has 2 aliphatic rings. The van der Waals surface area contributed by atoms with Crippen LogP contribution in [0.4, 0.5) is 11.6 Å². The van der Waals surface area contributed by atoms with Crippen molar-refractivity contribution in [1.29, 1.82) is 0 Å². The molecule has 4 heterocycles. The van der Waals surface area contributed by atoms with E-state index >= 15 is 0 Å². The largest absolute Gasteiger partial charge is 0.368 e. The molecule has 2 fully saturated rings. The first kappa shape index (κ1) is 24.9. The second-order valence-corrected chi connectivity index (χ2v) is 8.65. The lowest BCUT2D eigenvalue weighted by Crippen LogP contribution is -2.38. The minimum atomic E-state index is 0.137. The predicted octanol–water partition coefficient (Wildman–Crippen LogP) is 3.19. The maximum atomic E-state index is 11.4. The summed E-state index contributed by atoms with van der Waals surface area (Å²) < 4.78 is 0. The van der Waals surface area contributed by atoms with Gasteiger partial charge in [0.05, 0.1) is 23.1 Å². The van der Waals surface area contributed by atoms with E-state index in [9.17, 15) is 9.59 Å². The molecule has 10 heteroatoms. The van der Waals surface area contributed by atoms with Gasteiger partial charge in [-0.2, -0.15) is 0 Å². The van der Waals surface area contributed by atoms with E-state index in [2.05, 4.69) is 30.9 Å². The van der Waals surface area contributed by atoms with Gasteiger partial charge >= 0.3 is 0 Å². The fraction of sp³-hybridized carbons (Fsp3) is 0.522. The summed E-state index contributed by atoms with van der Waals surface area (Å²) in [7, 11) is 0. The molecule has 0 radical (unpaired) electrons. The zero-order valence-electron chi connectivity index (χ0n) is 19.0. The van der Waals surface area contributed by atoms with Gasteiger partial charge in [0.15, 0.2) is 0 Å². The van der Waals surface area contributed by atoms with Gasteiger partial charge in [-0.25, -0.2) is 9.97 Å². The molecule has 2 aromatic rings. The third-order valence-corrected chi connectivity index (χ3v) is 6.11. The zero-order chi connectivity index (χ0) is 23.5. The number of carbonyl (C=O) groups excluding carboxylic acids is 2. The Hall–Kier alpha value is -2.78. The van der Waals surface area contributed by atoms with Crippen LogP contribution in [0.2, 0.25) is 5.02 Å². The number of nitrogens with one attached hydrogen (secondary N) is 3. The van der Waals surface area contributed by atoms with Gasteiger partial charge in [-0.05, 0) is 50.8 Å². The highest BCUT2D eigenvalue weighted by molar-refractivity contribution is 6.33. The smallest absolute Gasteiger partial charge is 0.219 e. The average molecular weight is 474 g/mol. The van der Waals surface area contributed by atoms with Gasteiger partial charge in [-0.1, -0.05) is 18.0 Å². The van der Waals surface area contributed by atoms with Crippen LogP contribution in [0.1, 0.15) is 39.0 Å². The third-order valence-electron chi connectivity index (χ3n) is 5.81. The first-order valence-corrected chi connectivity index (χ1v) is 11.8. The first-order valence-electron chi connectivity index (χ1n) is 11.4. The lowest BCUT2D eigenvalue weighted by molar-refractivity contribution is -0.130. The van der Waals surface area contributed by atoms with Crippen LogP contribution in [-0.4, -0.2) is 64.9 Å². The summed E-state index contributed by atoms with van der Waals surface area (Å²) in [6, 6.07) is 1.65. The normalized spacial score (nSPS) is 16.4. The third kappa shape index (κ3) is 7.94. The molecule has 0 saturated carbocycles. The van der Waals surface area contributed by atoms with Crippen molar-refractivity contribution in [2.45, 2.75) is 39.0 Å². The van der Waals surface area contributed by atoms with Crippen LogP contribution in [0.3, 0.4) is 0 Å². The zero-order valence-corrected chi connectivity index (χ0v) is 19.8. The Bertz CT molecular complexity index is 904. The highest BCUT2D eigenvalue weighted by Crippen LogP contribution is 2.28. The van der Waals surface area contributed by atoms with Crippen molar-refractivity contribution >= 4 is 35.6 Å². The summed E-state index contributed by atoms with van der Waals surface area (Å²) in [5, 5.41) is 9.53. The van der Waals surface area contributed by atoms with Gasteiger partial charge in [0.1, 0.15) is 11.6 Å². The van der Waals surface area contributed by atoms with Crippen LogP contribution in [-0.2, 0) is 9.59 Å². The molecule has 3 N–H and O–H groups in total. The molecule has 2 saturated heterocycles. The van der Waals surface area contributed by atoms with Crippen molar-refractivity contribution < 1.29 is 9.59 Å². The van der Waals surface area contributed by atoms with E-state index in [1.54, 1.807) is 25.4 Å². The number of hydrogen-bond acceptors (Lipinski definition) is 7. The molecule has 0 atom stereocenters. The summed E-state index contributed by atoms with van der Waals surface area (Å²) in [5.41, 5.74) is 1.23.